The quantitative estimate of drug-likeness (QED) is 0.178. The maximum absolute atomic E-state index is 14.9. The van der Waals surface area contributed by atoms with Crippen molar-refractivity contribution in [2.24, 2.45) is 5.92 Å². The molecule has 54 heavy (non-hydrogen) atoms. The molecule has 9 rings (SSSR count). The first-order chi connectivity index (χ1) is 26.0. The van der Waals surface area contributed by atoms with Crippen LogP contribution in [-0.4, -0.2) is 59.6 Å². The van der Waals surface area contributed by atoms with Crippen LogP contribution in [0, 0.1) is 5.92 Å². The summed E-state index contributed by atoms with van der Waals surface area (Å²) in [4.78, 5) is 59.7. The molecule has 0 aliphatic carbocycles. The summed E-state index contributed by atoms with van der Waals surface area (Å²) in [6.45, 7) is 6.20. The molecular formula is C44H43N3O6Si. The molecule has 9 nitrogen and oxygen atoms in total. The Balaban J connectivity index is 1.00. The Morgan fingerprint density at radius 2 is 1.56 bits per heavy atom. The van der Waals surface area contributed by atoms with Crippen LogP contribution in [0.15, 0.2) is 109 Å². The second-order valence-corrected chi connectivity index (χ2v) is 19.8. The van der Waals surface area contributed by atoms with Crippen LogP contribution in [0.3, 0.4) is 0 Å². The fraction of sp³-hybridized carbons (Fsp3) is 0.295. The SMILES string of the molecule is C[C@@H]1[C@@H]([Si](C)(C)O)[C@H](CC(=O)N2Cc3ccccc3C[C@H]2CO)O[C@@]12C(=O)N(Cc1ccc(N3C(=O)c4cccc5cccc3c45)cc1)c1ccccc12. The largest absolute Gasteiger partial charge is 0.432 e. The van der Waals surface area contributed by atoms with Gasteiger partial charge in [0.2, 0.25) is 5.91 Å². The standard InChI is InChI=1S/C44H43N3O6Si/c1-27-41(54(2,3)52)38(23-39(49)45-25-31-11-5-4-10-30(31)22-33(45)26-48)53-44(27)35-15-6-7-16-36(35)46(43(44)51)24-28-18-20-32(21-19-28)47-37-17-9-13-29-12-8-14-34(40(29)37)42(47)50/h4-21,27,33,38,41,48,52H,22-26H2,1-3H3/t27-,33+,38+,41-,44+/m1/s1. The van der Waals surface area contributed by atoms with Crippen molar-refractivity contribution in [3.8, 4) is 0 Å². The van der Waals surface area contributed by atoms with E-state index in [1.54, 1.807) is 14.7 Å². The monoisotopic (exact) mass is 737 g/mol. The van der Waals surface area contributed by atoms with Crippen LogP contribution in [0.1, 0.15) is 46.0 Å². The Morgan fingerprint density at radius 3 is 2.30 bits per heavy atom. The van der Waals surface area contributed by atoms with Gasteiger partial charge in [0.15, 0.2) is 13.9 Å². The zero-order valence-corrected chi connectivity index (χ0v) is 31.6. The maximum atomic E-state index is 14.9. The number of carbonyl (C=O) groups excluding carboxylic acids is 3. The zero-order chi connectivity index (χ0) is 37.5. The minimum absolute atomic E-state index is 0.00384. The fourth-order valence-electron chi connectivity index (χ4n) is 9.83. The van der Waals surface area contributed by atoms with Crippen molar-refractivity contribution in [3.05, 3.63) is 137 Å². The minimum atomic E-state index is -3.00. The molecule has 1 spiro atoms. The van der Waals surface area contributed by atoms with Gasteiger partial charge in [0.05, 0.1) is 48.7 Å². The molecule has 1 saturated heterocycles. The lowest BCUT2D eigenvalue weighted by atomic mass is 9.82. The van der Waals surface area contributed by atoms with Gasteiger partial charge in [-0.05, 0) is 71.9 Å². The van der Waals surface area contributed by atoms with E-state index in [9.17, 15) is 24.3 Å². The van der Waals surface area contributed by atoms with Crippen molar-refractivity contribution in [3.63, 3.8) is 0 Å². The third kappa shape index (κ3) is 5.19. The van der Waals surface area contributed by atoms with Crippen molar-refractivity contribution in [1.82, 2.24) is 4.90 Å². The van der Waals surface area contributed by atoms with Gasteiger partial charge in [0, 0.05) is 34.6 Å². The first kappa shape index (κ1) is 34.6. The average Bonchev–Trinajstić information content (AvgIpc) is 3.73. The van der Waals surface area contributed by atoms with E-state index < -0.39 is 31.5 Å². The number of aliphatic hydroxyl groups is 1. The third-order valence-electron chi connectivity index (χ3n) is 12.2. The van der Waals surface area contributed by atoms with Crippen LogP contribution in [0.2, 0.25) is 18.6 Å². The second-order valence-electron chi connectivity index (χ2n) is 15.8. The van der Waals surface area contributed by atoms with E-state index in [0.29, 0.717) is 18.5 Å². The summed E-state index contributed by atoms with van der Waals surface area (Å²) in [5, 5.41) is 12.3. The number of fused-ring (bicyclic) bond motifs is 3. The molecule has 4 aliphatic rings. The molecule has 0 bridgehead atoms. The summed E-state index contributed by atoms with van der Waals surface area (Å²) < 4.78 is 6.95. The Labute approximate surface area is 315 Å². The molecule has 10 heteroatoms. The van der Waals surface area contributed by atoms with Gasteiger partial charge in [0.25, 0.3) is 11.8 Å². The van der Waals surface area contributed by atoms with Crippen LogP contribution < -0.4 is 9.80 Å². The highest BCUT2D eigenvalue weighted by Crippen LogP contribution is 2.60. The second kappa shape index (κ2) is 12.7. The maximum Gasteiger partial charge on any atom is 0.264 e. The predicted molar refractivity (Wildman–Crippen MR) is 210 cm³/mol. The molecule has 4 heterocycles. The van der Waals surface area contributed by atoms with Crippen molar-refractivity contribution in [1.29, 1.82) is 0 Å². The molecule has 2 N–H and O–H groups in total. The molecule has 274 valence electrons. The number of aliphatic hydroxyl groups excluding tert-OH is 1. The summed E-state index contributed by atoms with van der Waals surface area (Å²) in [5.74, 6) is -0.852. The Hall–Kier alpha value is -5.13. The molecule has 0 unspecified atom stereocenters. The van der Waals surface area contributed by atoms with Crippen LogP contribution in [0.4, 0.5) is 17.1 Å². The number of anilines is 3. The smallest absolute Gasteiger partial charge is 0.264 e. The molecule has 4 aliphatic heterocycles. The summed E-state index contributed by atoms with van der Waals surface area (Å²) in [5.41, 5.74) is 5.05. The number of hydrogen-bond donors (Lipinski definition) is 2. The number of para-hydroxylation sites is 1. The highest BCUT2D eigenvalue weighted by molar-refractivity contribution is 6.71. The van der Waals surface area contributed by atoms with Gasteiger partial charge in [0.1, 0.15) is 0 Å². The summed E-state index contributed by atoms with van der Waals surface area (Å²) in [7, 11) is -3.00. The van der Waals surface area contributed by atoms with Crippen molar-refractivity contribution in [2.75, 3.05) is 16.4 Å². The van der Waals surface area contributed by atoms with Gasteiger partial charge in [-0.3, -0.25) is 19.3 Å². The molecule has 5 aromatic carbocycles. The summed E-state index contributed by atoms with van der Waals surface area (Å²) in [6.07, 6.45) is -0.136. The molecule has 0 aromatic heterocycles. The molecular weight excluding hydrogens is 695 g/mol. The lowest BCUT2D eigenvalue weighted by molar-refractivity contribution is -0.151. The molecule has 5 atom stereocenters. The van der Waals surface area contributed by atoms with E-state index in [1.165, 1.54) is 0 Å². The lowest BCUT2D eigenvalue weighted by Gasteiger charge is -2.37. The van der Waals surface area contributed by atoms with E-state index >= 15 is 0 Å². The van der Waals surface area contributed by atoms with Crippen LogP contribution in [-0.2, 0) is 39.4 Å². The van der Waals surface area contributed by atoms with Gasteiger partial charge in [-0.2, -0.15) is 0 Å². The normalized spacial score (nSPS) is 24.5. The lowest BCUT2D eigenvalue weighted by Crippen LogP contribution is -2.48. The summed E-state index contributed by atoms with van der Waals surface area (Å²) >= 11 is 0. The van der Waals surface area contributed by atoms with E-state index in [4.69, 9.17) is 4.74 Å². The topological polar surface area (TPSA) is 111 Å². The molecule has 0 saturated carbocycles. The fourth-order valence-corrected chi connectivity index (χ4v) is 12.4. The minimum Gasteiger partial charge on any atom is -0.432 e. The molecule has 0 radical (unpaired) electrons. The average molecular weight is 738 g/mol. The number of ether oxygens (including phenoxy) is 1. The number of carbonyl (C=O) groups is 3. The number of nitrogens with zero attached hydrogens (tertiary/aromatic N) is 3. The van der Waals surface area contributed by atoms with Gasteiger partial charge < -0.3 is 24.4 Å². The Kier molecular flexibility index (Phi) is 8.16. The Bertz CT molecular complexity index is 2330. The highest BCUT2D eigenvalue weighted by atomic mass is 28.4. The highest BCUT2D eigenvalue weighted by Gasteiger charge is 2.66. The van der Waals surface area contributed by atoms with Crippen LogP contribution in [0.5, 0.6) is 0 Å². The number of amides is 3. The molecule has 5 aromatic rings. The summed E-state index contributed by atoms with van der Waals surface area (Å²) in [6, 6.07) is 34.8. The van der Waals surface area contributed by atoms with E-state index in [0.717, 1.165) is 50.1 Å². The van der Waals surface area contributed by atoms with Gasteiger partial charge >= 0.3 is 0 Å². The van der Waals surface area contributed by atoms with Gasteiger partial charge in [-0.1, -0.05) is 85.8 Å². The first-order valence-electron chi connectivity index (χ1n) is 18.7. The van der Waals surface area contributed by atoms with E-state index in [-0.39, 0.29) is 43.3 Å². The molecule has 3 amide bonds. The predicted octanol–water partition coefficient (Wildman–Crippen LogP) is 6.81. The Morgan fingerprint density at radius 1 is 0.870 bits per heavy atom. The van der Waals surface area contributed by atoms with Crippen LogP contribution >= 0.6 is 0 Å². The third-order valence-corrected chi connectivity index (χ3v) is 14.7. The number of rotatable bonds is 7. The van der Waals surface area contributed by atoms with Crippen molar-refractivity contribution >= 4 is 53.9 Å². The molecule has 1 fully saturated rings. The van der Waals surface area contributed by atoms with Crippen molar-refractivity contribution in [2.45, 2.75) is 69.2 Å². The van der Waals surface area contributed by atoms with Gasteiger partial charge in [-0.15, -0.1) is 0 Å². The van der Waals surface area contributed by atoms with E-state index in [1.807, 2.05) is 129 Å². The van der Waals surface area contributed by atoms with Gasteiger partial charge in [-0.25, -0.2) is 0 Å². The number of hydrogen-bond acceptors (Lipinski definition) is 6. The van der Waals surface area contributed by atoms with Crippen molar-refractivity contribution < 1.29 is 29.0 Å². The first-order valence-corrected chi connectivity index (χ1v) is 21.8. The number of benzene rings is 5. The zero-order valence-electron chi connectivity index (χ0n) is 30.6. The van der Waals surface area contributed by atoms with E-state index in [2.05, 4.69) is 0 Å². The van der Waals surface area contributed by atoms with Crippen LogP contribution in [0.25, 0.3) is 10.8 Å².